The van der Waals surface area contributed by atoms with Crippen molar-refractivity contribution >= 4 is 39.5 Å². The van der Waals surface area contributed by atoms with Gasteiger partial charge in [-0.3, -0.25) is 37.3 Å². The topological polar surface area (TPSA) is 237 Å². The van der Waals surface area contributed by atoms with Crippen molar-refractivity contribution in [3.05, 3.63) is 0 Å². The number of hydrogen-bond acceptors (Lipinski definition) is 15. The van der Waals surface area contributed by atoms with Crippen molar-refractivity contribution in [2.45, 2.75) is 414 Å². The highest BCUT2D eigenvalue weighted by Gasteiger charge is 2.30. The van der Waals surface area contributed by atoms with E-state index in [9.17, 15) is 43.2 Å². The quantitative estimate of drug-likeness (QED) is 0.0222. The van der Waals surface area contributed by atoms with Crippen molar-refractivity contribution in [1.82, 2.24) is 0 Å². The van der Waals surface area contributed by atoms with Gasteiger partial charge in [-0.25, -0.2) is 9.13 Å². The Morgan fingerprint density at radius 3 is 0.792 bits per heavy atom. The fraction of sp³-hybridized carbons (Fsp3) is 0.948. The molecule has 7 atom stereocenters. The Balaban J connectivity index is 5.19. The number of esters is 4. The lowest BCUT2D eigenvalue weighted by Crippen LogP contribution is -2.30. The van der Waals surface area contributed by atoms with Crippen LogP contribution in [0.15, 0.2) is 0 Å². The van der Waals surface area contributed by atoms with E-state index in [-0.39, 0.29) is 25.7 Å². The smallest absolute Gasteiger partial charge is 0.462 e. The second-order valence-corrected chi connectivity index (χ2v) is 31.6. The highest BCUT2D eigenvalue weighted by atomic mass is 31.2. The molecular formula is C77H150O17P2. The van der Waals surface area contributed by atoms with Crippen molar-refractivity contribution in [3.63, 3.8) is 0 Å². The average Bonchev–Trinajstić information content (AvgIpc) is 1.22. The summed E-state index contributed by atoms with van der Waals surface area (Å²) in [6, 6.07) is 0. The Hall–Kier alpha value is -1.94. The second kappa shape index (κ2) is 67.5. The van der Waals surface area contributed by atoms with Crippen molar-refractivity contribution in [3.8, 4) is 0 Å². The highest BCUT2D eigenvalue weighted by Crippen LogP contribution is 2.45. The fourth-order valence-corrected chi connectivity index (χ4v) is 13.3. The Kier molecular flexibility index (Phi) is 66.2. The van der Waals surface area contributed by atoms with Gasteiger partial charge in [0.1, 0.15) is 19.3 Å². The molecule has 570 valence electrons. The lowest BCUT2D eigenvalue weighted by Gasteiger charge is -2.21. The Labute approximate surface area is 588 Å². The standard InChI is InChI=1S/C77H150O17P2/c1-8-11-12-13-14-15-16-17-18-19-20-21-22-23-24-25-26-29-33-36-46-53-60-76(81)93-72(64-87-74(79)58-51-44-35-32-30-27-28-31-34-41-48-55-68(4)5)66-91-95(83,84)89-62-71(78)63-90-96(85,86)92-67-73(94-77(82)61-54-47-40-38-43-50-57-70(7)10-3)65-88-75(80)59-52-45-39-37-42-49-56-69(6)9-2/h68-73,78H,8-67H2,1-7H3,(H,83,84)(H,85,86)/t69?,70?,71-,72-,73-/m1/s1. The van der Waals surface area contributed by atoms with Crippen LogP contribution in [0.5, 0.6) is 0 Å². The van der Waals surface area contributed by atoms with Crippen LogP contribution in [0.25, 0.3) is 0 Å². The molecule has 0 aliphatic carbocycles. The Bertz CT molecular complexity index is 1870. The lowest BCUT2D eigenvalue weighted by atomic mass is 10.00. The summed E-state index contributed by atoms with van der Waals surface area (Å²) >= 11 is 0. The summed E-state index contributed by atoms with van der Waals surface area (Å²) in [6.45, 7) is 11.8. The molecule has 4 unspecified atom stereocenters. The van der Waals surface area contributed by atoms with Gasteiger partial charge in [0.25, 0.3) is 0 Å². The van der Waals surface area contributed by atoms with E-state index in [1.165, 1.54) is 199 Å². The van der Waals surface area contributed by atoms with E-state index in [1.54, 1.807) is 0 Å². The van der Waals surface area contributed by atoms with E-state index < -0.39 is 97.5 Å². The van der Waals surface area contributed by atoms with Crippen LogP contribution < -0.4 is 0 Å². The van der Waals surface area contributed by atoms with E-state index in [0.29, 0.717) is 25.7 Å². The molecule has 0 spiro atoms. The number of hydrogen-bond donors (Lipinski definition) is 3. The molecule has 0 fully saturated rings. The molecule has 0 aliphatic heterocycles. The van der Waals surface area contributed by atoms with Crippen LogP contribution in [0.3, 0.4) is 0 Å². The molecule has 0 aromatic rings. The van der Waals surface area contributed by atoms with Gasteiger partial charge in [0.05, 0.1) is 26.4 Å². The number of phosphoric ester groups is 2. The predicted octanol–water partition coefficient (Wildman–Crippen LogP) is 22.6. The summed E-state index contributed by atoms with van der Waals surface area (Å²) in [4.78, 5) is 72.8. The zero-order chi connectivity index (χ0) is 70.9. The van der Waals surface area contributed by atoms with Gasteiger partial charge in [0, 0.05) is 25.7 Å². The van der Waals surface area contributed by atoms with Crippen LogP contribution in [0, 0.1) is 17.8 Å². The molecule has 0 amide bonds. The van der Waals surface area contributed by atoms with E-state index in [1.807, 2.05) is 0 Å². The Morgan fingerprint density at radius 1 is 0.302 bits per heavy atom. The van der Waals surface area contributed by atoms with Crippen LogP contribution in [0.1, 0.15) is 395 Å². The molecule has 0 saturated heterocycles. The van der Waals surface area contributed by atoms with Crippen LogP contribution in [0.4, 0.5) is 0 Å². The number of aliphatic hydroxyl groups excluding tert-OH is 1. The number of phosphoric acid groups is 2. The minimum Gasteiger partial charge on any atom is -0.462 e. The van der Waals surface area contributed by atoms with Gasteiger partial charge in [0.15, 0.2) is 12.2 Å². The monoisotopic (exact) mass is 1410 g/mol. The van der Waals surface area contributed by atoms with Crippen LogP contribution in [-0.4, -0.2) is 96.7 Å². The number of aliphatic hydroxyl groups is 1. The summed E-state index contributed by atoms with van der Waals surface area (Å²) in [5, 5.41) is 10.6. The van der Waals surface area contributed by atoms with Gasteiger partial charge in [0.2, 0.25) is 0 Å². The van der Waals surface area contributed by atoms with Crippen LogP contribution in [0.2, 0.25) is 0 Å². The summed E-state index contributed by atoms with van der Waals surface area (Å²) in [5.74, 6) is 0.0987. The number of ether oxygens (including phenoxy) is 4. The Morgan fingerprint density at radius 2 is 0.531 bits per heavy atom. The molecule has 0 aromatic heterocycles. The van der Waals surface area contributed by atoms with Gasteiger partial charge in [-0.2, -0.15) is 0 Å². The van der Waals surface area contributed by atoms with E-state index >= 15 is 0 Å². The summed E-state index contributed by atoms with van der Waals surface area (Å²) in [5.41, 5.74) is 0. The maximum atomic E-state index is 13.1. The highest BCUT2D eigenvalue weighted by molar-refractivity contribution is 7.47. The van der Waals surface area contributed by atoms with Gasteiger partial charge >= 0.3 is 39.5 Å². The first-order chi connectivity index (χ1) is 46.3. The minimum atomic E-state index is -4.96. The molecule has 3 N–H and O–H groups in total. The normalized spacial score (nSPS) is 14.6. The molecule has 0 heterocycles. The molecule has 17 nitrogen and oxygen atoms in total. The molecule has 96 heavy (non-hydrogen) atoms. The van der Waals surface area contributed by atoms with Crippen molar-refractivity contribution in [1.29, 1.82) is 0 Å². The maximum Gasteiger partial charge on any atom is 0.472 e. The first-order valence-corrected chi connectivity index (χ1v) is 42.9. The van der Waals surface area contributed by atoms with E-state index in [2.05, 4.69) is 48.5 Å². The molecule has 0 aromatic carbocycles. The summed E-state index contributed by atoms with van der Waals surface area (Å²) < 4.78 is 68.5. The van der Waals surface area contributed by atoms with Crippen molar-refractivity contribution in [2.75, 3.05) is 39.6 Å². The first kappa shape index (κ1) is 94.1. The summed E-state index contributed by atoms with van der Waals surface area (Å²) in [6.07, 6.45) is 54.4. The molecule has 0 radical (unpaired) electrons. The maximum absolute atomic E-state index is 13.1. The fourth-order valence-electron chi connectivity index (χ4n) is 11.7. The largest absolute Gasteiger partial charge is 0.472 e. The zero-order valence-corrected chi connectivity index (χ0v) is 64.6. The minimum absolute atomic E-state index is 0.102. The van der Waals surface area contributed by atoms with Gasteiger partial charge in [-0.05, 0) is 43.4 Å². The third kappa shape index (κ3) is 67.9. The lowest BCUT2D eigenvalue weighted by molar-refractivity contribution is -0.161. The van der Waals surface area contributed by atoms with Crippen molar-refractivity contribution in [2.24, 2.45) is 17.8 Å². The molecule has 0 rings (SSSR count). The third-order valence-corrected chi connectivity index (χ3v) is 20.5. The molecule has 0 saturated carbocycles. The number of rotatable bonds is 75. The molecule has 0 bridgehead atoms. The second-order valence-electron chi connectivity index (χ2n) is 28.7. The van der Waals surface area contributed by atoms with Gasteiger partial charge in [-0.1, -0.05) is 344 Å². The molecular weight excluding hydrogens is 1260 g/mol. The SMILES string of the molecule is CCCCCCCCCCCCCCCCCCCCCCCCC(=O)O[C@H](COC(=O)CCCCCCCCCCCCCC(C)C)COP(=O)(O)OC[C@@H](O)COP(=O)(O)OC[C@@H](COC(=O)CCCCCCCCC(C)CC)OC(=O)CCCCCCCCC(C)CC. The van der Waals surface area contributed by atoms with E-state index in [0.717, 1.165) is 114 Å². The molecule has 0 aliphatic rings. The van der Waals surface area contributed by atoms with Crippen molar-refractivity contribution < 1.29 is 80.2 Å². The van der Waals surface area contributed by atoms with Crippen LogP contribution >= 0.6 is 15.6 Å². The van der Waals surface area contributed by atoms with Crippen LogP contribution in [-0.2, 0) is 65.4 Å². The average molecular weight is 1410 g/mol. The van der Waals surface area contributed by atoms with E-state index in [4.69, 9.17) is 37.0 Å². The van der Waals surface area contributed by atoms with Gasteiger partial charge in [-0.15, -0.1) is 0 Å². The number of unbranched alkanes of at least 4 members (excludes halogenated alkanes) is 41. The number of carbonyl (C=O) groups is 4. The first-order valence-electron chi connectivity index (χ1n) is 39.9. The molecule has 19 heteroatoms. The number of carbonyl (C=O) groups excluding carboxylic acids is 4. The summed E-state index contributed by atoms with van der Waals surface area (Å²) in [7, 11) is -9.91. The zero-order valence-electron chi connectivity index (χ0n) is 62.8. The van der Waals surface area contributed by atoms with Gasteiger partial charge < -0.3 is 33.8 Å². The predicted molar refractivity (Wildman–Crippen MR) is 391 cm³/mol. The third-order valence-electron chi connectivity index (χ3n) is 18.6.